The van der Waals surface area contributed by atoms with Gasteiger partial charge in [0, 0.05) is 32.7 Å². The molecule has 0 aliphatic carbocycles. The van der Waals surface area contributed by atoms with Crippen LogP contribution in [0.4, 0.5) is 4.39 Å². The van der Waals surface area contributed by atoms with Crippen LogP contribution in [0.1, 0.15) is 35.2 Å². The van der Waals surface area contributed by atoms with Crippen LogP contribution in [0.2, 0.25) is 0 Å². The molecule has 1 heterocycles. The standard InChI is InChI=1S/C23H29FN2O4S/c1-25(2)31(28,29)22-16-19(8-11-21(22)24)23(27)26-14-12-18(13-15-26)5-4-17-6-9-20(30-3)10-7-17/h6-11,16,18H,4-5,12-15H2,1-3H3. The van der Waals surface area contributed by atoms with Crippen LogP contribution in [-0.2, 0) is 16.4 Å². The second-order valence-electron chi connectivity index (χ2n) is 8.05. The van der Waals surface area contributed by atoms with Gasteiger partial charge in [-0.25, -0.2) is 17.1 Å². The number of benzene rings is 2. The van der Waals surface area contributed by atoms with Crippen molar-refractivity contribution in [3.05, 3.63) is 59.4 Å². The number of carbonyl (C=O) groups is 1. The van der Waals surface area contributed by atoms with Crippen molar-refractivity contribution in [3.63, 3.8) is 0 Å². The summed E-state index contributed by atoms with van der Waals surface area (Å²) in [6.07, 6.45) is 3.82. The molecule has 1 saturated heterocycles. The van der Waals surface area contributed by atoms with E-state index in [9.17, 15) is 17.6 Å². The van der Waals surface area contributed by atoms with Gasteiger partial charge in [0.1, 0.15) is 16.5 Å². The van der Waals surface area contributed by atoms with Crippen LogP contribution in [0.25, 0.3) is 0 Å². The summed E-state index contributed by atoms with van der Waals surface area (Å²) in [5, 5.41) is 0. The number of rotatable bonds is 7. The SMILES string of the molecule is COc1ccc(CCC2CCN(C(=O)c3ccc(F)c(S(=O)(=O)N(C)C)c3)CC2)cc1. The van der Waals surface area contributed by atoms with Crippen LogP contribution in [0.3, 0.4) is 0 Å². The molecule has 1 fully saturated rings. The molecule has 3 rings (SSSR count). The van der Waals surface area contributed by atoms with E-state index < -0.39 is 20.7 Å². The zero-order chi connectivity index (χ0) is 22.6. The summed E-state index contributed by atoms with van der Waals surface area (Å²) in [7, 11) is 0.356. The minimum atomic E-state index is -3.96. The lowest BCUT2D eigenvalue weighted by atomic mass is 9.90. The van der Waals surface area contributed by atoms with Crippen LogP contribution in [0, 0.1) is 11.7 Å². The van der Waals surface area contributed by atoms with Gasteiger partial charge in [0.15, 0.2) is 0 Å². The highest BCUT2D eigenvalue weighted by molar-refractivity contribution is 7.89. The van der Waals surface area contributed by atoms with Gasteiger partial charge in [-0.05, 0) is 67.5 Å². The molecule has 0 spiro atoms. The molecular weight excluding hydrogens is 419 g/mol. The molecule has 0 unspecified atom stereocenters. The number of hydrogen-bond acceptors (Lipinski definition) is 4. The van der Waals surface area contributed by atoms with Gasteiger partial charge in [-0.3, -0.25) is 4.79 Å². The average molecular weight is 449 g/mol. The lowest BCUT2D eigenvalue weighted by molar-refractivity contribution is 0.0686. The van der Waals surface area contributed by atoms with Crippen molar-refractivity contribution in [2.75, 3.05) is 34.3 Å². The van der Waals surface area contributed by atoms with E-state index in [1.165, 1.54) is 25.7 Å². The molecule has 6 nitrogen and oxygen atoms in total. The molecule has 0 saturated carbocycles. The Labute approximate surface area is 183 Å². The number of amides is 1. The Morgan fingerprint density at radius 1 is 1.13 bits per heavy atom. The van der Waals surface area contributed by atoms with Gasteiger partial charge in [0.25, 0.3) is 5.91 Å². The number of ether oxygens (including phenoxy) is 1. The van der Waals surface area contributed by atoms with Gasteiger partial charge in [-0.1, -0.05) is 12.1 Å². The molecule has 1 aliphatic heterocycles. The fraction of sp³-hybridized carbons (Fsp3) is 0.435. The van der Waals surface area contributed by atoms with Gasteiger partial charge in [0.2, 0.25) is 10.0 Å². The first-order chi connectivity index (χ1) is 14.7. The molecule has 1 aliphatic rings. The summed E-state index contributed by atoms with van der Waals surface area (Å²) in [6.45, 7) is 1.22. The monoisotopic (exact) mass is 448 g/mol. The normalized spacial score (nSPS) is 15.3. The van der Waals surface area contributed by atoms with Crippen molar-refractivity contribution in [2.45, 2.75) is 30.6 Å². The quantitative estimate of drug-likeness (QED) is 0.650. The fourth-order valence-electron chi connectivity index (χ4n) is 3.80. The van der Waals surface area contributed by atoms with Crippen LogP contribution < -0.4 is 4.74 Å². The molecule has 2 aromatic rings. The highest BCUT2D eigenvalue weighted by Gasteiger charge is 2.27. The largest absolute Gasteiger partial charge is 0.497 e. The smallest absolute Gasteiger partial charge is 0.253 e. The molecular formula is C23H29FN2O4S. The van der Waals surface area contributed by atoms with Crippen LogP contribution in [0.5, 0.6) is 5.75 Å². The van der Waals surface area contributed by atoms with E-state index in [0.717, 1.165) is 47.9 Å². The first kappa shape index (κ1) is 23.2. The number of halogens is 1. The molecule has 0 aromatic heterocycles. The minimum Gasteiger partial charge on any atom is -0.497 e. The number of aryl methyl sites for hydroxylation is 1. The molecule has 168 valence electrons. The Morgan fingerprint density at radius 3 is 2.35 bits per heavy atom. The molecule has 0 atom stereocenters. The van der Waals surface area contributed by atoms with Gasteiger partial charge < -0.3 is 9.64 Å². The number of carbonyl (C=O) groups excluding carboxylic acids is 1. The summed E-state index contributed by atoms with van der Waals surface area (Å²) in [5.74, 6) is 0.258. The Balaban J connectivity index is 1.59. The molecule has 8 heteroatoms. The van der Waals surface area contributed by atoms with Crippen molar-refractivity contribution in [2.24, 2.45) is 5.92 Å². The maximum atomic E-state index is 14.1. The van der Waals surface area contributed by atoms with Gasteiger partial charge in [-0.15, -0.1) is 0 Å². The zero-order valence-electron chi connectivity index (χ0n) is 18.2. The van der Waals surface area contributed by atoms with Crippen molar-refractivity contribution < 1.29 is 22.3 Å². The third kappa shape index (κ3) is 5.43. The first-order valence-electron chi connectivity index (χ1n) is 10.4. The van der Waals surface area contributed by atoms with Crippen molar-refractivity contribution in [1.29, 1.82) is 0 Å². The number of hydrogen-bond donors (Lipinski definition) is 0. The van der Waals surface area contributed by atoms with E-state index in [1.54, 1.807) is 12.0 Å². The molecule has 0 radical (unpaired) electrons. The van der Waals surface area contributed by atoms with Crippen LogP contribution in [0.15, 0.2) is 47.4 Å². The summed E-state index contributed by atoms with van der Waals surface area (Å²) in [5.41, 5.74) is 1.46. The number of piperidine rings is 1. The van der Waals surface area contributed by atoms with Crippen LogP contribution in [-0.4, -0.2) is 57.8 Å². The highest BCUT2D eigenvalue weighted by atomic mass is 32.2. The topological polar surface area (TPSA) is 66.9 Å². The highest BCUT2D eigenvalue weighted by Crippen LogP contribution is 2.25. The first-order valence-corrected chi connectivity index (χ1v) is 11.8. The number of sulfonamides is 1. The van der Waals surface area contributed by atoms with Crippen molar-refractivity contribution in [3.8, 4) is 5.75 Å². The minimum absolute atomic E-state index is 0.193. The van der Waals surface area contributed by atoms with E-state index in [1.807, 2.05) is 12.1 Å². The average Bonchev–Trinajstić information content (AvgIpc) is 2.78. The lowest BCUT2D eigenvalue weighted by Gasteiger charge is -2.32. The van der Waals surface area contributed by atoms with E-state index >= 15 is 0 Å². The Kier molecular flexibility index (Phi) is 7.33. The second-order valence-corrected chi connectivity index (χ2v) is 10.2. The zero-order valence-corrected chi connectivity index (χ0v) is 19.0. The molecule has 31 heavy (non-hydrogen) atoms. The van der Waals surface area contributed by atoms with Crippen molar-refractivity contribution in [1.82, 2.24) is 9.21 Å². The molecule has 0 N–H and O–H groups in total. The summed E-state index contributed by atoms with van der Waals surface area (Å²) < 4.78 is 44.9. The van der Waals surface area contributed by atoms with Crippen molar-refractivity contribution >= 4 is 15.9 Å². The molecule has 0 bridgehead atoms. The Morgan fingerprint density at radius 2 is 1.77 bits per heavy atom. The molecule has 2 aromatic carbocycles. The maximum absolute atomic E-state index is 14.1. The third-order valence-corrected chi connectivity index (χ3v) is 7.67. The Bertz CT molecular complexity index is 1010. The van der Waals surface area contributed by atoms with Gasteiger partial charge >= 0.3 is 0 Å². The lowest BCUT2D eigenvalue weighted by Crippen LogP contribution is -2.38. The Hall–Kier alpha value is -2.45. The summed E-state index contributed by atoms with van der Waals surface area (Å²) in [6, 6.07) is 11.6. The third-order valence-electron chi connectivity index (χ3n) is 5.84. The maximum Gasteiger partial charge on any atom is 0.253 e. The van der Waals surface area contributed by atoms with E-state index in [0.29, 0.717) is 19.0 Å². The predicted octanol–water partition coefficient (Wildman–Crippen LogP) is 3.57. The van der Waals surface area contributed by atoms with Crippen LogP contribution >= 0.6 is 0 Å². The summed E-state index contributed by atoms with van der Waals surface area (Å²) in [4.78, 5) is 14.1. The van der Waals surface area contributed by atoms with E-state index in [2.05, 4.69) is 12.1 Å². The molecule has 1 amide bonds. The van der Waals surface area contributed by atoms with E-state index in [-0.39, 0.29) is 11.5 Å². The fourth-order valence-corrected chi connectivity index (χ4v) is 4.78. The number of nitrogens with zero attached hydrogens (tertiary/aromatic N) is 2. The van der Waals surface area contributed by atoms with Gasteiger partial charge in [-0.2, -0.15) is 0 Å². The van der Waals surface area contributed by atoms with Gasteiger partial charge in [0.05, 0.1) is 7.11 Å². The summed E-state index contributed by atoms with van der Waals surface area (Å²) >= 11 is 0. The van der Waals surface area contributed by atoms with E-state index in [4.69, 9.17) is 4.74 Å². The second kappa shape index (κ2) is 9.78. The predicted molar refractivity (Wildman–Crippen MR) is 117 cm³/mol. The number of likely N-dealkylation sites (tertiary alicyclic amines) is 1. The number of methoxy groups -OCH3 is 1.